The van der Waals surface area contributed by atoms with Crippen molar-refractivity contribution in [2.24, 2.45) is 4.99 Å². The molecule has 3 nitrogen and oxygen atoms in total. The van der Waals surface area contributed by atoms with Crippen LogP contribution < -0.4 is 4.80 Å². The lowest BCUT2D eigenvalue weighted by Crippen LogP contribution is -2.16. The van der Waals surface area contributed by atoms with E-state index in [0.717, 1.165) is 20.3 Å². The van der Waals surface area contributed by atoms with Gasteiger partial charge in [-0.15, -0.1) is 6.42 Å². The molecule has 1 heterocycles. The third-order valence-electron chi connectivity index (χ3n) is 3.36. The quantitative estimate of drug-likeness (QED) is 0.611. The second-order valence-corrected chi connectivity index (χ2v) is 7.00. The molecule has 0 saturated heterocycles. The first-order valence-corrected chi connectivity index (χ1v) is 8.57. The number of carbonyl (C=O) groups excluding carboxylic acids is 1. The topological polar surface area (TPSA) is 34.4 Å². The fraction of sp³-hybridized carbons (Fsp3) is 0.111. The zero-order valence-corrected chi connectivity index (χ0v) is 14.8. The van der Waals surface area contributed by atoms with Gasteiger partial charge in [-0.25, -0.2) is 0 Å². The molecular weight excluding hydrogens is 372 g/mol. The third-order valence-corrected chi connectivity index (χ3v) is 4.89. The molecule has 3 aromatic rings. The molecule has 0 aliphatic rings. The van der Waals surface area contributed by atoms with Crippen LogP contribution in [0.3, 0.4) is 0 Å². The molecule has 0 radical (unpaired) electrons. The number of fused-ring (bicyclic) bond motifs is 1. The van der Waals surface area contributed by atoms with Crippen molar-refractivity contribution in [1.29, 1.82) is 0 Å². The summed E-state index contributed by atoms with van der Waals surface area (Å²) < 4.78 is 3.90. The number of halogens is 1. The number of benzene rings is 2. The molecule has 5 heteroatoms. The van der Waals surface area contributed by atoms with Crippen molar-refractivity contribution in [3.05, 3.63) is 62.9 Å². The Morgan fingerprint density at radius 2 is 2.17 bits per heavy atom. The molecule has 0 unspecified atom stereocenters. The maximum atomic E-state index is 12.4. The van der Waals surface area contributed by atoms with Gasteiger partial charge in [-0.3, -0.25) is 4.79 Å². The Kier molecular flexibility index (Phi) is 4.46. The summed E-state index contributed by atoms with van der Waals surface area (Å²) in [5.74, 6) is 2.37. The number of terminal acetylenes is 1. The van der Waals surface area contributed by atoms with Crippen LogP contribution in [0.2, 0.25) is 0 Å². The van der Waals surface area contributed by atoms with Crippen molar-refractivity contribution in [3.8, 4) is 12.3 Å². The second kappa shape index (κ2) is 6.53. The van der Waals surface area contributed by atoms with Gasteiger partial charge in [0.2, 0.25) is 0 Å². The van der Waals surface area contributed by atoms with E-state index >= 15 is 0 Å². The molecule has 0 spiro atoms. The smallest absolute Gasteiger partial charge is 0.279 e. The highest BCUT2D eigenvalue weighted by Crippen LogP contribution is 2.22. The van der Waals surface area contributed by atoms with Crippen LogP contribution in [0, 0.1) is 19.3 Å². The number of thiazole rings is 1. The van der Waals surface area contributed by atoms with Crippen LogP contribution in [0.25, 0.3) is 10.2 Å². The number of carbonyl (C=O) groups is 1. The lowest BCUT2D eigenvalue weighted by Gasteiger charge is -2.00. The predicted octanol–water partition coefficient (Wildman–Crippen LogP) is 4.15. The Morgan fingerprint density at radius 3 is 2.91 bits per heavy atom. The Labute approximate surface area is 146 Å². The van der Waals surface area contributed by atoms with E-state index in [1.165, 1.54) is 11.3 Å². The first-order valence-electron chi connectivity index (χ1n) is 6.96. The minimum atomic E-state index is -0.259. The lowest BCUT2D eigenvalue weighted by molar-refractivity contribution is 0.0998. The highest BCUT2D eigenvalue weighted by atomic mass is 79.9. The number of hydrogen-bond acceptors (Lipinski definition) is 2. The number of hydrogen-bond donors (Lipinski definition) is 0. The second-order valence-electron chi connectivity index (χ2n) is 5.07. The molecule has 0 bridgehead atoms. The molecule has 0 aliphatic carbocycles. The summed E-state index contributed by atoms with van der Waals surface area (Å²) in [4.78, 5) is 17.3. The van der Waals surface area contributed by atoms with Gasteiger partial charge in [-0.05, 0) is 37.3 Å². The van der Waals surface area contributed by atoms with Crippen LogP contribution in [0.15, 0.2) is 51.9 Å². The number of rotatable bonds is 2. The zero-order chi connectivity index (χ0) is 16.4. The summed E-state index contributed by atoms with van der Waals surface area (Å²) in [6.07, 6.45) is 5.47. The average Bonchev–Trinajstić information content (AvgIpc) is 2.84. The minimum absolute atomic E-state index is 0.259. The number of amides is 1. The Hall–Kier alpha value is -2.16. The number of nitrogens with zero attached hydrogens (tertiary/aromatic N) is 2. The Balaban J connectivity index is 2.16. The molecule has 0 N–H and O–H groups in total. The van der Waals surface area contributed by atoms with Gasteiger partial charge in [-0.1, -0.05) is 50.9 Å². The molecular formula is C18H13BrN2OS. The van der Waals surface area contributed by atoms with Gasteiger partial charge in [0.1, 0.15) is 0 Å². The summed E-state index contributed by atoms with van der Waals surface area (Å²) in [7, 11) is 0. The van der Waals surface area contributed by atoms with E-state index in [1.807, 2.05) is 47.9 Å². The monoisotopic (exact) mass is 384 g/mol. The summed E-state index contributed by atoms with van der Waals surface area (Å²) >= 11 is 4.92. The summed E-state index contributed by atoms with van der Waals surface area (Å²) in [5, 5.41) is 0. The van der Waals surface area contributed by atoms with Gasteiger partial charge in [0, 0.05) is 10.0 Å². The minimum Gasteiger partial charge on any atom is -0.305 e. The van der Waals surface area contributed by atoms with Crippen molar-refractivity contribution in [3.63, 3.8) is 0 Å². The molecule has 2 aromatic carbocycles. The van der Waals surface area contributed by atoms with Crippen molar-refractivity contribution in [1.82, 2.24) is 4.57 Å². The molecule has 0 fully saturated rings. The fourth-order valence-corrected chi connectivity index (χ4v) is 3.89. The molecule has 3 rings (SSSR count). The van der Waals surface area contributed by atoms with Crippen LogP contribution in [0.1, 0.15) is 15.9 Å². The van der Waals surface area contributed by atoms with E-state index in [4.69, 9.17) is 6.42 Å². The first kappa shape index (κ1) is 15.7. The van der Waals surface area contributed by atoms with E-state index in [-0.39, 0.29) is 5.91 Å². The van der Waals surface area contributed by atoms with E-state index in [0.29, 0.717) is 16.9 Å². The Morgan fingerprint density at radius 1 is 1.35 bits per heavy atom. The molecule has 0 saturated carbocycles. The molecule has 1 amide bonds. The maximum Gasteiger partial charge on any atom is 0.279 e. The molecule has 1 aromatic heterocycles. The van der Waals surface area contributed by atoms with Gasteiger partial charge < -0.3 is 4.57 Å². The summed E-state index contributed by atoms with van der Waals surface area (Å²) in [6, 6.07) is 13.3. The fourth-order valence-electron chi connectivity index (χ4n) is 2.31. The van der Waals surface area contributed by atoms with Gasteiger partial charge in [-0.2, -0.15) is 4.99 Å². The normalized spacial score (nSPS) is 11.6. The number of aromatic nitrogens is 1. The first-order chi connectivity index (χ1) is 11.1. The lowest BCUT2D eigenvalue weighted by atomic mass is 10.1. The maximum absolute atomic E-state index is 12.4. The predicted molar refractivity (Wildman–Crippen MR) is 97.4 cm³/mol. The van der Waals surface area contributed by atoms with E-state index in [1.54, 1.807) is 6.07 Å². The SMILES string of the molecule is C#CCn1c(=NC(=O)c2cccc(C)c2)sc2cc(Br)ccc21. The largest absolute Gasteiger partial charge is 0.305 e. The zero-order valence-electron chi connectivity index (χ0n) is 12.4. The van der Waals surface area contributed by atoms with Gasteiger partial charge in [0.15, 0.2) is 4.80 Å². The van der Waals surface area contributed by atoms with Gasteiger partial charge in [0.25, 0.3) is 5.91 Å². The molecule has 114 valence electrons. The standard InChI is InChI=1S/C18H13BrN2OS/c1-3-9-21-15-8-7-14(19)11-16(15)23-18(21)20-17(22)13-6-4-5-12(2)10-13/h1,4-8,10-11H,9H2,2H3. The van der Waals surface area contributed by atoms with Crippen molar-refractivity contribution in [2.45, 2.75) is 13.5 Å². The molecule has 0 aliphatic heterocycles. The third kappa shape index (κ3) is 3.29. The van der Waals surface area contributed by atoms with E-state index in [2.05, 4.69) is 26.8 Å². The van der Waals surface area contributed by atoms with Crippen molar-refractivity contribution < 1.29 is 4.79 Å². The van der Waals surface area contributed by atoms with Crippen LogP contribution in [-0.4, -0.2) is 10.5 Å². The highest BCUT2D eigenvalue weighted by molar-refractivity contribution is 9.10. The highest BCUT2D eigenvalue weighted by Gasteiger charge is 2.09. The summed E-state index contributed by atoms with van der Waals surface area (Å²) in [6.45, 7) is 2.33. The molecule has 0 atom stereocenters. The van der Waals surface area contributed by atoms with Gasteiger partial charge in [0.05, 0.1) is 16.8 Å². The van der Waals surface area contributed by atoms with E-state index in [9.17, 15) is 4.79 Å². The Bertz CT molecular complexity index is 1010. The van der Waals surface area contributed by atoms with Crippen molar-refractivity contribution in [2.75, 3.05) is 0 Å². The summed E-state index contributed by atoms with van der Waals surface area (Å²) in [5.41, 5.74) is 2.59. The van der Waals surface area contributed by atoms with Crippen molar-refractivity contribution >= 4 is 43.4 Å². The number of aryl methyl sites for hydroxylation is 1. The van der Waals surface area contributed by atoms with Gasteiger partial charge >= 0.3 is 0 Å². The van der Waals surface area contributed by atoms with Crippen LogP contribution in [-0.2, 0) is 6.54 Å². The average molecular weight is 385 g/mol. The molecule has 23 heavy (non-hydrogen) atoms. The van der Waals surface area contributed by atoms with Crippen LogP contribution in [0.4, 0.5) is 0 Å². The van der Waals surface area contributed by atoms with Crippen LogP contribution in [0.5, 0.6) is 0 Å². The van der Waals surface area contributed by atoms with E-state index < -0.39 is 0 Å². The van der Waals surface area contributed by atoms with Crippen LogP contribution >= 0.6 is 27.3 Å².